The van der Waals surface area contributed by atoms with Gasteiger partial charge in [0.2, 0.25) is 6.79 Å². The highest BCUT2D eigenvalue weighted by Gasteiger charge is 2.25. The Morgan fingerprint density at radius 1 is 1.10 bits per heavy atom. The Morgan fingerprint density at radius 2 is 2.00 bits per heavy atom. The lowest BCUT2D eigenvalue weighted by Gasteiger charge is -2.16. The molecule has 1 atom stereocenters. The zero-order valence-corrected chi connectivity index (χ0v) is 11.9. The maximum atomic E-state index is 10.7. The minimum absolute atomic E-state index is 0.151. The van der Waals surface area contributed by atoms with Crippen LogP contribution in [-0.2, 0) is 6.42 Å². The van der Waals surface area contributed by atoms with Crippen LogP contribution in [0.3, 0.4) is 0 Å². The van der Waals surface area contributed by atoms with Gasteiger partial charge >= 0.3 is 0 Å². The molecule has 0 saturated heterocycles. The second-order valence-corrected chi connectivity index (χ2v) is 5.48. The van der Waals surface area contributed by atoms with Crippen molar-refractivity contribution in [1.82, 2.24) is 0 Å². The summed E-state index contributed by atoms with van der Waals surface area (Å²) in [5.41, 5.74) is 2.53. The minimum Gasteiger partial charge on any atom is -0.493 e. The molecule has 4 rings (SSSR count). The van der Waals surface area contributed by atoms with Gasteiger partial charge in [-0.15, -0.1) is 0 Å². The molecule has 2 aromatic carbocycles. The number of fused-ring (bicyclic) bond motifs is 2. The van der Waals surface area contributed by atoms with Gasteiger partial charge in [-0.2, -0.15) is 0 Å². The van der Waals surface area contributed by atoms with Gasteiger partial charge in [-0.05, 0) is 23.3 Å². The van der Waals surface area contributed by atoms with E-state index in [-0.39, 0.29) is 6.79 Å². The third-order valence-corrected chi connectivity index (χ3v) is 4.09. The molecule has 1 unspecified atom stereocenters. The fraction of sp³-hybridized carbons (Fsp3) is 0.250. The second-order valence-electron chi connectivity index (χ2n) is 5.07. The minimum atomic E-state index is -0.815. The predicted molar refractivity (Wildman–Crippen MR) is 77.3 cm³/mol. The number of para-hydroxylation sites is 1. The number of hydrogen-bond acceptors (Lipinski definition) is 4. The summed E-state index contributed by atoms with van der Waals surface area (Å²) in [6, 6.07) is 9.28. The van der Waals surface area contributed by atoms with Crippen molar-refractivity contribution in [2.24, 2.45) is 0 Å². The molecular formula is C16H13ClO4. The number of aliphatic hydroxyl groups is 1. The lowest BCUT2D eigenvalue weighted by Crippen LogP contribution is -2.02. The van der Waals surface area contributed by atoms with Crippen LogP contribution < -0.4 is 14.2 Å². The molecular weight excluding hydrogens is 292 g/mol. The Hall–Kier alpha value is -1.91. The quantitative estimate of drug-likeness (QED) is 0.926. The zero-order chi connectivity index (χ0) is 14.4. The molecule has 2 aliphatic heterocycles. The smallest absolute Gasteiger partial charge is 0.231 e. The van der Waals surface area contributed by atoms with Crippen molar-refractivity contribution >= 4 is 11.6 Å². The van der Waals surface area contributed by atoms with Gasteiger partial charge in [0.05, 0.1) is 11.6 Å². The Labute approximate surface area is 126 Å². The fourth-order valence-electron chi connectivity index (χ4n) is 2.78. The summed E-state index contributed by atoms with van der Waals surface area (Å²) in [5.74, 6) is 1.87. The topological polar surface area (TPSA) is 47.9 Å². The van der Waals surface area contributed by atoms with Gasteiger partial charge in [-0.1, -0.05) is 29.8 Å². The van der Waals surface area contributed by atoms with E-state index in [1.807, 2.05) is 18.2 Å². The molecule has 108 valence electrons. The van der Waals surface area contributed by atoms with Gasteiger partial charge in [0, 0.05) is 12.0 Å². The highest BCUT2D eigenvalue weighted by molar-refractivity contribution is 6.32. The van der Waals surface area contributed by atoms with E-state index in [9.17, 15) is 5.11 Å². The molecule has 0 radical (unpaired) electrons. The first-order chi connectivity index (χ1) is 10.2. The van der Waals surface area contributed by atoms with Gasteiger partial charge in [0.25, 0.3) is 0 Å². The van der Waals surface area contributed by atoms with Crippen LogP contribution in [0.1, 0.15) is 22.8 Å². The van der Waals surface area contributed by atoms with Crippen LogP contribution in [0.5, 0.6) is 17.2 Å². The van der Waals surface area contributed by atoms with E-state index < -0.39 is 6.10 Å². The molecule has 0 aliphatic carbocycles. The third-order valence-electron chi connectivity index (χ3n) is 3.80. The summed E-state index contributed by atoms with van der Waals surface area (Å²) in [6.45, 7) is 0.805. The van der Waals surface area contributed by atoms with Gasteiger partial charge in [-0.3, -0.25) is 0 Å². The molecule has 0 spiro atoms. The standard InChI is InChI=1S/C16H13ClO4/c17-12-6-10(7-13-16(12)21-8-20-13)14(18)11-3-1-2-9-4-5-19-15(9)11/h1-3,6-7,14,18H,4-5,8H2. The number of ether oxygens (including phenoxy) is 3. The fourth-order valence-corrected chi connectivity index (χ4v) is 3.05. The van der Waals surface area contributed by atoms with Crippen molar-refractivity contribution in [2.45, 2.75) is 12.5 Å². The van der Waals surface area contributed by atoms with Crippen molar-refractivity contribution in [3.8, 4) is 17.2 Å². The van der Waals surface area contributed by atoms with Crippen molar-refractivity contribution < 1.29 is 19.3 Å². The molecule has 2 aromatic rings. The first-order valence-corrected chi connectivity index (χ1v) is 7.13. The van der Waals surface area contributed by atoms with Crippen molar-refractivity contribution in [1.29, 1.82) is 0 Å². The molecule has 2 heterocycles. The normalized spacial score (nSPS) is 16.5. The number of benzene rings is 2. The van der Waals surface area contributed by atoms with Crippen molar-refractivity contribution in [2.75, 3.05) is 13.4 Å². The SMILES string of the molecule is OC(c1cc(Cl)c2c(c1)OCO2)c1cccc2c1OCC2. The first kappa shape index (κ1) is 12.8. The van der Waals surface area contributed by atoms with E-state index in [2.05, 4.69) is 0 Å². The van der Waals surface area contributed by atoms with Crippen LogP contribution in [-0.4, -0.2) is 18.5 Å². The summed E-state index contributed by atoms with van der Waals surface area (Å²) in [4.78, 5) is 0. The van der Waals surface area contributed by atoms with Crippen LogP contribution >= 0.6 is 11.6 Å². The molecule has 0 fully saturated rings. The Kier molecular flexibility index (Phi) is 2.94. The van der Waals surface area contributed by atoms with Crippen LogP contribution in [0.15, 0.2) is 30.3 Å². The summed E-state index contributed by atoms with van der Waals surface area (Å²) >= 11 is 6.18. The Bertz CT molecular complexity index is 714. The highest BCUT2D eigenvalue weighted by atomic mass is 35.5. The summed E-state index contributed by atoms with van der Waals surface area (Å²) in [7, 11) is 0. The van der Waals surface area contributed by atoms with Crippen LogP contribution in [0.25, 0.3) is 0 Å². The van der Waals surface area contributed by atoms with Crippen LogP contribution in [0.2, 0.25) is 5.02 Å². The first-order valence-electron chi connectivity index (χ1n) is 6.76. The summed E-state index contributed by atoms with van der Waals surface area (Å²) < 4.78 is 16.3. The lowest BCUT2D eigenvalue weighted by molar-refractivity contribution is 0.173. The van der Waals surface area contributed by atoms with Crippen LogP contribution in [0, 0.1) is 0 Å². The molecule has 5 heteroatoms. The average Bonchev–Trinajstić information content (AvgIpc) is 3.14. The molecule has 4 nitrogen and oxygen atoms in total. The average molecular weight is 305 g/mol. The lowest BCUT2D eigenvalue weighted by atomic mass is 9.98. The van der Waals surface area contributed by atoms with Gasteiger partial charge < -0.3 is 19.3 Å². The number of hydrogen-bond donors (Lipinski definition) is 1. The third kappa shape index (κ3) is 2.03. The molecule has 2 aliphatic rings. The molecule has 0 amide bonds. The molecule has 21 heavy (non-hydrogen) atoms. The number of halogens is 1. The highest BCUT2D eigenvalue weighted by Crippen LogP contribution is 2.43. The predicted octanol–water partition coefficient (Wildman–Crippen LogP) is 3.09. The maximum Gasteiger partial charge on any atom is 0.231 e. The van der Waals surface area contributed by atoms with E-state index >= 15 is 0 Å². The molecule has 1 N–H and O–H groups in total. The summed E-state index contributed by atoms with van der Waals surface area (Å²) in [5, 5.41) is 11.1. The van der Waals surface area contributed by atoms with Crippen molar-refractivity contribution in [3.05, 3.63) is 52.0 Å². The van der Waals surface area contributed by atoms with E-state index in [1.54, 1.807) is 12.1 Å². The van der Waals surface area contributed by atoms with Crippen molar-refractivity contribution in [3.63, 3.8) is 0 Å². The zero-order valence-electron chi connectivity index (χ0n) is 11.1. The van der Waals surface area contributed by atoms with E-state index in [0.29, 0.717) is 28.7 Å². The molecule has 0 aromatic heterocycles. The van der Waals surface area contributed by atoms with Crippen LogP contribution in [0.4, 0.5) is 0 Å². The summed E-state index contributed by atoms with van der Waals surface area (Å²) in [6.07, 6.45) is 0.0580. The maximum absolute atomic E-state index is 10.7. The van der Waals surface area contributed by atoms with E-state index in [0.717, 1.165) is 23.3 Å². The van der Waals surface area contributed by atoms with E-state index in [1.165, 1.54) is 0 Å². The van der Waals surface area contributed by atoms with Gasteiger partial charge in [0.1, 0.15) is 11.9 Å². The molecule has 0 bridgehead atoms. The largest absolute Gasteiger partial charge is 0.493 e. The van der Waals surface area contributed by atoms with Gasteiger partial charge in [0.15, 0.2) is 11.5 Å². The monoisotopic (exact) mass is 304 g/mol. The Balaban J connectivity index is 1.77. The number of rotatable bonds is 2. The molecule has 0 saturated carbocycles. The second kappa shape index (κ2) is 4.83. The van der Waals surface area contributed by atoms with E-state index in [4.69, 9.17) is 25.8 Å². The Morgan fingerprint density at radius 3 is 2.90 bits per heavy atom. The number of aliphatic hydroxyl groups excluding tert-OH is 1. The van der Waals surface area contributed by atoms with Gasteiger partial charge in [-0.25, -0.2) is 0 Å².